The molecule has 2 heterocycles. The molecule has 1 aromatic heterocycles. The third-order valence-corrected chi connectivity index (χ3v) is 7.51. The van der Waals surface area contributed by atoms with Crippen molar-refractivity contribution < 1.29 is 57.3 Å². The van der Waals surface area contributed by atoms with E-state index in [0.29, 0.717) is 5.69 Å². The van der Waals surface area contributed by atoms with Gasteiger partial charge in [-0.15, -0.1) is 0 Å². The predicted octanol–water partition coefficient (Wildman–Crippen LogP) is 3.55. The summed E-state index contributed by atoms with van der Waals surface area (Å²) in [4.78, 5) is 3.73. The van der Waals surface area contributed by atoms with Crippen molar-refractivity contribution >= 4 is 46.7 Å². The number of aromatic nitrogens is 1. The van der Waals surface area contributed by atoms with Gasteiger partial charge in [-0.05, 0) is 17.8 Å². The molecule has 15 heteroatoms. The van der Waals surface area contributed by atoms with Crippen LogP contribution in [-0.2, 0) is 57.7 Å². The zero-order valence-electron chi connectivity index (χ0n) is 18.5. The molecule has 1 fully saturated rings. The molecule has 203 valence electrons. The molecule has 1 aliphatic heterocycles. The van der Waals surface area contributed by atoms with Gasteiger partial charge in [0.1, 0.15) is 10.0 Å². The van der Waals surface area contributed by atoms with E-state index in [-0.39, 0.29) is 27.1 Å². The average Bonchev–Trinajstić information content (AvgIpc) is 2.89. The minimum Gasteiger partial charge on any atom is -0.800 e. The molecule has 1 radical (unpaired) electrons. The summed E-state index contributed by atoms with van der Waals surface area (Å²) in [6.45, 7) is 3.07. The van der Waals surface area contributed by atoms with Crippen LogP contribution in [0.3, 0.4) is 0 Å². The van der Waals surface area contributed by atoms with Gasteiger partial charge in [-0.3, -0.25) is 0 Å². The van der Waals surface area contributed by atoms with Crippen molar-refractivity contribution in [2.45, 2.75) is 9.60 Å². The van der Waals surface area contributed by atoms with Gasteiger partial charge in [0.15, 0.2) is 41.5 Å². The molecule has 0 atom stereocenters. The molecule has 1 aliphatic rings. The van der Waals surface area contributed by atoms with Gasteiger partial charge >= 0.3 is 0 Å². The van der Waals surface area contributed by atoms with Gasteiger partial charge in [0.25, 0.3) is 0 Å². The van der Waals surface area contributed by atoms with E-state index in [2.05, 4.69) is 9.62 Å². The summed E-state index contributed by atoms with van der Waals surface area (Å²) in [6.07, 6.45) is 3.54. The minimum atomic E-state index is -4.78. The van der Waals surface area contributed by atoms with Gasteiger partial charge in [0.05, 0.1) is 4.90 Å². The molecule has 0 unspecified atom stereocenters. The summed E-state index contributed by atoms with van der Waals surface area (Å²) >= 11 is 10.2. The molecular weight excluding hydrogens is 740 g/mol. The fraction of sp³-hybridized carbons (Fsp3) is 0.227. The number of pyridine rings is 1. The number of benzene rings is 2. The Balaban J connectivity index is 0.00000380. The summed E-state index contributed by atoms with van der Waals surface area (Å²) < 4.78 is 96.9. The van der Waals surface area contributed by atoms with Crippen LogP contribution in [0.1, 0.15) is 0 Å². The fourth-order valence-electron chi connectivity index (χ4n) is 3.63. The second-order valence-corrected chi connectivity index (χ2v) is 10.6. The van der Waals surface area contributed by atoms with Crippen molar-refractivity contribution in [2.75, 3.05) is 31.1 Å². The fourth-order valence-corrected chi connectivity index (χ4v) is 5.04. The smallest absolute Gasteiger partial charge is 0.210 e. The van der Waals surface area contributed by atoms with Crippen molar-refractivity contribution in [2.24, 2.45) is 0 Å². The van der Waals surface area contributed by atoms with Crippen LogP contribution in [0, 0.1) is 29.1 Å². The number of anilines is 1. The van der Waals surface area contributed by atoms with E-state index in [1.54, 1.807) is 17.0 Å². The van der Waals surface area contributed by atoms with Crippen LogP contribution in [0.4, 0.5) is 33.3 Å². The van der Waals surface area contributed by atoms with Crippen molar-refractivity contribution in [1.29, 1.82) is 0 Å². The van der Waals surface area contributed by atoms with Crippen molar-refractivity contribution in [3.05, 3.63) is 82.6 Å². The molecule has 4 rings (SSSR count). The van der Waals surface area contributed by atoms with E-state index in [1.807, 2.05) is 17.0 Å². The molecule has 2 aromatic carbocycles. The number of piperazine rings is 1. The molecule has 0 amide bonds. The van der Waals surface area contributed by atoms with Crippen LogP contribution in [0.15, 0.2) is 53.7 Å². The summed E-state index contributed by atoms with van der Waals surface area (Å²) in [7, 11) is -4.78. The first-order chi connectivity index (χ1) is 17.0. The number of sulfonamides is 1. The second kappa shape index (κ2) is 11.9. The van der Waals surface area contributed by atoms with Crippen LogP contribution in [0.25, 0.3) is 10.4 Å². The monoisotopic (exact) mass is 757 g/mol. The second-order valence-electron chi connectivity index (χ2n) is 7.77. The standard InChI is InChI=1S/C22H19F5N4O2S3.Au/c23-16-17(24)19(26)21(20(27)18(16)25)28-36(32,33)15-3-1-13(2-4-15)29-7-5-14(6-8-29)30-9-11-31(12-10-30)22(34)35;/h1-8,22,34-35H,9-12H2;/p-2. The molecule has 1 saturated heterocycles. The van der Waals surface area contributed by atoms with Gasteiger partial charge in [-0.25, -0.2) is 35.1 Å². The molecule has 6 nitrogen and oxygen atoms in total. The first kappa shape index (κ1) is 29.7. The van der Waals surface area contributed by atoms with Crippen LogP contribution >= 0.6 is 0 Å². The van der Waals surface area contributed by atoms with Crippen LogP contribution in [-0.4, -0.2) is 44.2 Å². The maximum Gasteiger partial charge on any atom is 0.210 e. The molecule has 37 heavy (non-hydrogen) atoms. The van der Waals surface area contributed by atoms with Crippen molar-refractivity contribution in [3.8, 4) is 5.69 Å². The molecule has 0 saturated carbocycles. The SMILES string of the molecule is O=S(=O)([N-]c1c(F)c(F)c(F)c(F)c1F)c1ccc(-[n+]2ccc(N3CCN(C([S-])[S-])CC3)cc2)cc1.[Au]. The van der Waals surface area contributed by atoms with E-state index in [4.69, 9.17) is 25.3 Å². The Morgan fingerprint density at radius 3 is 1.76 bits per heavy atom. The maximum atomic E-state index is 13.9. The van der Waals surface area contributed by atoms with Crippen LogP contribution in [0.2, 0.25) is 0 Å². The topological polar surface area (TPSA) is 58.6 Å². The summed E-state index contributed by atoms with van der Waals surface area (Å²) in [5.41, 5.74) is -0.240. The third-order valence-electron chi connectivity index (χ3n) is 5.62. The number of halogens is 5. The predicted molar refractivity (Wildman–Crippen MR) is 127 cm³/mol. The number of rotatable bonds is 6. The minimum absolute atomic E-state index is 0. The molecular formula is C22H17AuF5N4O2S3-2. The van der Waals surface area contributed by atoms with Crippen LogP contribution in [0.5, 0.6) is 0 Å². The number of hydrogen-bond acceptors (Lipinski definition) is 6. The van der Waals surface area contributed by atoms with Gasteiger partial charge < -0.3 is 39.8 Å². The van der Waals surface area contributed by atoms with Crippen molar-refractivity contribution in [3.63, 3.8) is 0 Å². The van der Waals surface area contributed by atoms with E-state index in [0.717, 1.165) is 44.0 Å². The Hall–Kier alpha value is -1.81. The summed E-state index contributed by atoms with van der Waals surface area (Å²) in [6, 6.07) is 8.82. The molecule has 0 N–H and O–H groups in total. The molecule has 0 spiro atoms. The average molecular weight is 758 g/mol. The van der Waals surface area contributed by atoms with Gasteiger partial charge in [0.2, 0.25) is 5.69 Å². The number of nitrogens with zero attached hydrogens (tertiary/aromatic N) is 4. The maximum absolute atomic E-state index is 13.9. The Kier molecular flexibility index (Phi) is 9.59. The van der Waals surface area contributed by atoms with E-state index in [1.165, 1.54) is 12.1 Å². The Labute approximate surface area is 236 Å². The zero-order chi connectivity index (χ0) is 26.2. The van der Waals surface area contributed by atoms with Crippen molar-refractivity contribution in [1.82, 2.24) is 4.90 Å². The third kappa shape index (κ3) is 6.27. The van der Waals surface area contributed by atoms with Gasteiger partial charge in [0, 0.05) is 78.5 Å². The summed E-state index contributed by atoms with van der Waals surface area (Å²) in [5, 5.41) is 0. The van der Waals surface area contributed by atoms with E-state index in [9.17, 15) is 30.4 Å². The first-order valence-corrected chi connectivity index (χ1v) is 12.8. The first-order valence-electron chi connectivity index (χ1n) is 10.4. The Bertz CT molecular complexity index is 1340. The number of hydrogen-bond donors (Lipinski definition) is 0. The molecule has 0 bridgehead atoms. The van der Waals surface area contributed by atoms with E-state index >= 15 is 0 Å². The van der Waals surface area contributed by atoms with Gasteiger partial charge in [-0.2, -0.15) is 4.57 Å². The largest absolute Gasteiger partial charge is 0.800 e. The normalized spacial score (nSPS) is 14.5. The van der Waals surface area contributed by atoms with Crippen LogP contribution < -0.4 is 9.47 Å². The van der Waals surface area contributed by atoms with E-state index < -0.39 is 49.7 Å². The summed E-state index contributed by atoms with van der Waals surface area (Å²) in [5.74, 6) is -11.7. The molecule has 3 aromatic rings. The van der Waals surface area contributed by atoms with Gasteiger partial charge in [-0.1, -0.05) is 0 Å². The molecule has 0 aliphatic carbocycles. The Morgan fingerprint density at radius 1 is 0.784 bits per heavy atom. The Morgan fingerprint density at radius 2 is 1.27 bits per heavy atom. The quantitative estimate of drug-likeness (QED) is 0.0959. The zero-order valence-corrected chi connectivity index (χ0v) is 23.2.